The molecule has 1 rings (SSSR count). The van der Waals surface area contributed by atoms with Crippen LogP contribution in [0.15, 0.2) is 18.2 Å². The van der Waals surface area contributed by atoms with Crippen LogP contribution in [0, 0.1) is 11.6 Å². The Kier molecular flexibility index (Phi) is 7.08. The second-order valence-corrected chi connectivity index (χ2v) is 6.06. The van der Waals surface area contributed by atoms with Crippen LogP contribution in [-0.2, 0) is 14.9 Å². The number of hydrogen-bond donors (Lipinski definition) is 0. The van der Waals surface area contributed by atoms with Crippen molar-refractivity contribution in [3.63, 3.8) is 0 Å². The SMILES string of the molecule is CCCO[SiH](Cc1ccc(F)c(F)c1)OCCC. The van der Waals surface area contributed by atoms with Gasteiger partial charge in [0.2, 0.25) is 0 Å². The standard InChI is InChI=1S/C13H20F2O2Si/c1-3-7-16-18(17-8-4-2)10-11-5-6-12(14)13(15)9-11/h5-6,9,18H,3-4,7-8,10H2,1-2H3. The van der Waals surface area contributed by atoms with Gasteiger partial charge in [-0.3, -0.25) is 0 Å². The van der Waals surface area contributed by atoms with E-state index in [0.717, 1.165) is 24.5 Å². The zero-order chi connectivity index (χ0) is 13.4. The van der Waals surface area contributed by atoms with Crippen LogP contribution in [0.1, 0.15) is 32.3 Å². The lowest BCUT2D eigenvalue weighted by molar-refractivity contribution is 0.196. The minimum atomic E-state index is -1.82. The highest BCUT2D eigenvalue weighted by atomic mass is 28.3. The first-order valence-corrected chi connectivity index (χ1v) is 8.10. The molecule has 102 valence electrons. The lowest BCUT2D eigenvalue weighted by Crippen LogP contribution is -2.27. The van der Waals surface area contributed by atoms with Crippen LogP contribution >= 0.6 is 0 Å². The monoisotopic (exact) mass is 274 g/mol. The third-order valence-corrected chi connectivity index (χ3v) is 4.42. The highest BCUT2D eigenvalue weighted by molar-refractivity contribution is 6.43. The fourth-order valence-corrected chi connectivity index (χ4v) is 3.49. The summed E-state index contributed by atoms with van der Waals surface area (Å²) < 4.78 is 37.2. The van der Waals surface area contributed by atoms with Gasteiger partial charge in [0.1, 0.15) is 0 Å². The molecule has 18 heavy (non-hydrogen) atoms. The zero-order valence-corrected chi connectivity index (χ0v) is 12.1. The first kappa shape index (κ1) is 15.3. The molecule has 0 aliphatic heterocycles. The number of rotatable bonds is 8. The number of hydrogen-bond acceptors (Lipinski definition) is 2. The highest BCUT2D eigenvalue weighted by Crippen LogP contribution is 2.11. The molecule has 0 unspecified atom stereocenters. The van der Waals surface area contributed by atoms with Gasteiger partial charge in [-0.25, -0.2) is 8.78 Å². The molecule has 0 amide bonds. The molecule has 0 heterocycles. The zero-order valence-electron chi connectivity index (χ0n) is 10.9. The van der Waals surface area contributed by atoms with E-state index in [1.807, 2.05) is 13.8 Å². The first-order chi connectivity index (χ1) is 8.67. The Balaban J connectivity index is 2.59. The smallest absolute Gasteiger partial charge is 0.325 e. The molecule has 0 saturated carbocycles. The molecule has 0 aliphatic rings. The molecule has 0 aliphatic carbocycles. The summed E-state index contributed by atoms with van der Waals surface area (Å²) in [5.74, 6) is -1.63. The third-order valence-electron chi connectivity index (χ3n) is 2.40. The quantitative estimate of drug-likeness (QED) is 0.678. The molecule has 0 spiro atoms. The molecule has 0 radical (unpaired) electrons. The van der Waals surface area contributed by atoms with Gasteiger partial charge in [-0.2, -0.15) is 0 Å². The van der Waals surface area contributed by atoms with Gasteiger partial charge < -0.3 is 8.85 Å². The molecule has 1 aromatic carbocycles. The van der Waals surface area contributed by atoms with Crippen molar-refractivity contribution in [1.29, 1.82) is 0 Å². The van der Waals surface area contributed by atoms with E-state index in [2.05, 4.69) is 0 Å². The fourth-order valence-electron chi connectivity index (χ4n) is 1.52. The van der Waals surface area contributed by atoms with E-state index in [0.29, 0.717) is 19.3 Å². The molecule has 5 heteroatoms. The molecular weight excluding hydrogens is 254 g/mol. The summed E-state index contributed by atoms with van der Waals surface area (Å²) in [5, 5.41) is 0. The summed E-state index contributed by atoms with van der Waals surface area (Å²) in [7, 11) is -1.82. The summed E-state index contributed by atoms with van der Waals surface area (Å²) in [6.45, 7) is 5.38. The highest BCUT2D eigenvalue weighted by Gasteiger charge is 2.15. The summed E-state index contributed by atoms with van der Waals surface area (Å²) in [4.78, 5) is 0. The minimum Gasteiger partial charge on any atom is -0.396 e. The fraction of sp³-hybridized carbons (Fsp3) is 0.538. The second-order valence-electron chi connectivity index (χ2n) is 4.12. The van der Waals surface area contributed by atoms with E-state index >= 15 is 0 Å². The van der Waals surface area contributed by atoms with E-state index in [1.54, 1.807) is 6.07 Å². The summed E-state index contributed by atoms with van der Waals surface area (Å²) in [6, 6.07) is 4.52. The Bertz CT molecular complexity index is 353. The Morgan fingerprint density at radius 2 is 1.61 bits per heavy atom. The Morgan fingerprint density at radius 1 is 1.00 bits per heavy atom. The topological polar surface area (TPSA) is 18.5 Å². The Morgan fingerprint density at radius 3 is 2.11 bits per heavy atom. The minimum absolute atomic E-state index is 0.567. The van der Waals surface area contributed by atoms with Crippen LogP contribution in [0.25, 0.3) is 0 Å². The average molecular weight is 274 g/mol. The lowest BCUT2D eigenvalue weighted by Gasteiger charge is -2.16. The van der Waals surface area contributed by atoms with Crippen molar-refractivity contribution in [2.24, 2.45) is 0 Å². The van der Waals surface area contributed by atoms with E-state index in [1.165, 1.54) is 6.07 Å². The molecule has 0 atom stereocenters. The Labute approximate surface area is 109 Å². The summed E-state index contributed by atoms with van der Waals surface area (Å²) in [5.41, 5.74) is 0.734. The van der Waals surface area contributed by atoms with E-state index in [9.17, 15) is 8.78 Å². The van der Waals surface area contributed by atoms with Crippen LogP contribution in [-0.4, -0.2) is 22.5 Å². The van der Waals surface area contributed by atoms with E-state index in [4.69, 9.17) is 8.85 Å². The van der Waals surface area contributed by atoms with Crippen molar-refractivity contribution in [2.45, 2.75) is 32.7 Å². The van der Waals surface area contributed by atoms with Crippen molar-refractivity contribution in [3.05, 3.63) is 35.4 Å². The van der Waals surface area contributed by atoms with Gasteiger partial charge in [0.15, 0.2) is 11.6 Å². The van der Waals surface area contributed by atoms with Crippen molar-refractivity contribution < 1.29 is 17.6 Å². The predicted molar refractivity (Wildman–Crippen MR) is 69.7 cm³/mol. The van der Waals surface area contributed by atoms with Crippen LogP contribution in [0.5, 0.6) is 0 Å². The van der Waals surface area contributed by atoms with Crippen molar-refractivity contribution in [3.8, 4) is 0 Å². The van der Waals surface area contributed by atoms with Gasteiger partial charge in [0, 0.05) is 19.3 Å². The summed E-state index contributed by atoms with van der Waals surface area (Å²) in [6.07, 6.45) is 1.85. The lowest BCUT2D eigenvalue weighted by atomic mass is 10.2. The van der Waals surface area contributed by atoms with Gasteiger partial charge in [0.25, 0.3) is 0 Å². The molecule has 0 N–H and O–H groups in total. The summed E-state index contributed by atoms with van der Waals surface area (Å²) >= 11 is 0. The van der Waals surface area contributed by atoms with Crippen molar-refractivity contribution >= 4 is 9.28 Å². The normalized spacial score (nSPS) is 11.2. The molecule has 0 fully saturated rings. The van der Waals surface area contributed by atoms with Gasteiger partial charge in [-0.1, -0.05) is 19.9 Å². The molecule has 0 bridgehead atoms. The van der Waals surface area contributed by atoms with Crippen LogP contribution < -0.4 is 0 Å². The molecular formula is C13H20F2O2Si. The van der Waals surface area contributed by atoms with E-state index < -0.39 is 20.9 Å². The first-order valence-electron chi connectivity index (χ1n) is 6.34. The molecule has 0 saturated heterocycles. The van der Waals surface area contributed by atoms with Gasteiger partial charge in [-0.15, -0.1) is 0 Å². The maximum Gasteiger partial charge on any atom is 0.325 e. The average Bonchev–Trinajstić information content (AvgIpc) is 2.37. The number of halogens is 2. The molecule has 2 nitrogen and oxygen atoms in total. The van der Waals surface area contributed by atoms with Crippen LogP contribution in [0.3, 0.4) is 0 Å². The molecule has 1 aromatic rings. The van der Waals surface area contributed by atoms with E-state index in [-0.39, 0.29) is 0 Å². The van der Waals surface area contributed by atoms with Crippen LogP contribution in [0.4, 0.5) is 8.78 Å². The maximum atomic E-state index is 13.1. The van der Waals surface area contributed by atoms with Crippen molar-refractivity contribution in [2.75, 3.05) is 13.2 Å². The molecule has 0 aromatic heterocycles. The Hall–Kier alpha value is -0.783. The van der Waals surface area contributed by atoms with Crippen molar-refractivity contribution in [1.82, 2.24) is 0 Å². The van der Waals surface area contributed by atoms with Gasteiger partial charge >= 0.3 is 9.28 Å². The largest absolute Gasteiger partial charge is 0.396 e. The van der Waals surface area contributed by atoms with Gasteiger partial charge in [0.05, 0.1) is 0 Å². The second kappa shape index (κ2) is 8.34. The van der Waals surface area contributed by atoms with Gasteiger partial charge in [-0.05, 0) is 30.5 Å². The predicted octanol–water partition coefficient (Wildman–Crippen LogP) is 3.12. The third kappa shape index (κ3) is 5.24. The van der Waals surface area contributed by atoms with Crippen LogP contribution in [0.2, 0.25) is 0 Å². The number of benzene rings is 1. The maximum absolute atomic E-state index is 13.1.